The van der Waals surface area contributed by atoms with Crippen molar-refractivity contribution in [1.29, 1.82) is 0 Å². The number of amides is 1. The zero-order valence-electron chi connectivity index (χ0n) is 15.6. The summed E-state index contributed by atoms with van der Waals surface area (Å²) in [7, 11) is 0. The number of hydrogen-bond acceptors (Lipinski definition) is 4. The van der Waals surface area contributed by atoms with Crippen LogP contribution >= 0.6 is 0 Å². The van der Waals surface area contributed by atoms with Crippen LogP contribution in [0.2, 0.25) is 0 Å². The van der Waals surface area contributed by atoms with Gasteiger partial charge in [0.25, 0.3) is 5.91 Å². The second-order valence-electron chi connectivity index (χ2n) is 7.13. The highest BCUT2D eigenvalue weighted by atomic mass is 16.3. The van der Waals surface area contributed by atoms with Crippen LogP contribution in [0, 0.1) is 13.8 Å². The quantitative estimate of drug-likeness (QED) is 0.761. The van der Waals surface area contributed by atoms with E-state index in [1.54, 1.807) is 29.2 Å². The largest absolute Gasteiger partial charge is 0.508 e. The maximum Gasteiger partial charge on any atom is 0.290 e. The Balaban J connectivity index is 2.06. The third-order valence-electron chi connectivity index (χ3n) is 5.06. The second-order valence-corrected chi connectivity index (χ2v) is 7.13. The molecule has 1 N–H and O–H groups in total. The summed E-state index contributed by atoms with van der Waals surface area (Å²) >= 11 is 0. The maximum absolute atomic E-state index is 13.4. The lowest BCUT2D eigenvalue weighted by atomic mass is 9.96. The smallest absolute Gasteiger partial charge is 0.290 e. The average molecular weight is 363 g/mol. The molecule has 4 rings (SSSR count). The molecule has 1 atom stereocenters. The Labute approximate surface area is 156 Å². The molecule has 5 heteroatoms. The van der Waals surface area contributed by atoms with Gasteiger partial charge in [-0.15, -0.1) is 0 Å². The highest BCUT2D eigenvalue weighted by Gasteiger charge is 2.42. The van der Waals surface area contributed by atoms with Crippen molar-refractivity contribution >= 4 is 16.9 Å². The van der Waals surface area contributed by atoms with Crippen LogP contribution in [0.5, 0.6) is 5.75 Å². The summed E-state index contributed by atoms with van der Waals surface area (Å²) in [5.74, 6) is -0.0699. The zero-order chi connectivity index (χ0) is 19.3. The van der Waals surface area contributed by atoms with Gasteiger partial charge in [0.05, 0.1) is 17.0 Å². The molecule has 0 saturated heterocycles. The van der Waals surface area contributed by atoms with Crippen molar-refractivity contribution in [3.8, 4) is 5.75 Å². The van der Waals surface area contributed by atoms with Gasteiger partial charge in [-0.3, -0.25) is 9.59 Å². The fraction of sp³-hybridized carbons (Fsp3) is 0.273. The lowest BCUT2D eigenvalue weighted by Crippen LogP contribution is -2.30. The topological polar surface area (TPSA) is 70.8 Å². The number of rotatable bonds is 3. The number of phenols is 1. The fourth-order valence-corrected chi connectivity index (χ4v) is 4.03. The van der Waals surface area contributed by atoms with Crippen molar-refractivity contribution in [1.82, 2.24) is 4.90 Å². The number of hydrogen-bond donors (Lipinski definition) is 1. The van der Waals surface area contributed by atoms with Gasteiger partial charge >= 0.3 is 0 Å². The fourth-order valence-electron chi connectivity index (χ4n) is 4.03. The lowest BCUT2D eigenvalue weighted by molar-refractivity contribution is 0.0728. The van der Waals surface area contributed by atoms with Gasteiger partial charge in [-0.05, 0) is 55.2 Å². The third kappa shape index (κ3) is 2.62. The van der Waals surface area contributed by atoms with E-state index in [-0.39, 0.29) is 22.8 Å². The van der Waals surface area contributed by atoms with Crippen molar-refractivity contribution in [2.75, 3.05) is 6.54 Å². The average Bonchev–Trinajstić information content (AvgIpc) is 2.88. The van der Waals surface area contributed by atoms with Crippen LogP contribution in [0.3, 0.4) is 0 Å². The van der Waals surface area contributed by atoms with Crippen LogP contribution in [-0.4, -0.2) is 22.5 Å². The van der Waals surface area contributed by atoms with E-state index in [1.165, 1.54) is 0 Å². The molecule has 2 heterocycles. The second kappa shape index (κ2) is 6.27. The van der Waals surface area contributed by atoms with Crippen molar-refractivity contribution in [3.63, 3.8) is 0 Å². The Bertz CT molecular complexity index is 1130. The number of phenolic OH excluding ortho intramolecular Hbond substituents is 1. The molecule has 2 aromatic carbocycles. The van der Waals surface area contributed by atoms with Crippen LogP contribution in [0.1, 0.15) is 52.2 Å². The molecule has 27 heavy (non-hydrogen) atoms. The molecule has 1 aromatic heterocycles. The van der Waals surface area contributed by atoms with E-state index < -0.39 is 6.04 Å². The summed E-state index contributed by atoms with van der Waals surface area (Å²) in [4.78, 5) is 28.1. The van der Waals surface area contributed by atoms with E-state index >= 15 is 0 Å². The minimum Gasteiger partial charge on any atom is -0.508 e. The number of fused-ring (bicyclic) bond motifs is 2. The molecule has 1 aliphatic heterocycles. The van der Waals surface area contributed by atoms with Crippen LogP contribution in [0.15, 0.2) is 45.6 Å². The zero-order valence-corrected chi connectivity index (χ0v) is 15.6. The molecular formula is C22H21NO4. The number of aromatic hydroxyl groups is 1. The minimum absolute atomic E-state index is 0.0989. The summed E-state index contributed by atoms with van der Waals surface area (Å²) in [6.45, 7) is 6.29. The highest BCUT2D eigenvalue weighted by molar-refractivity contribution is 5.99. The molecule has 0 unspecified atom stereocenters. The van der Waals surface area contributed by atoms with Gasteiger partial charge in [0.1, 0.15) is 11.3 Å². The van der Waals surface area contributed by atoms with Crippen LogP contribution < -0.4 is 5.43 Å². The molecule has 0 aliphatic carbocycles. The number of aryl methyl sites for hydroxylation is 2. The normalized spacial score (nSPS) is 16.2. The first-order valence-corrected chi connectivity index (χ1v) is 9.10. The Morgan fingerprint density at radius 2 is 1.93 bits per heavy atom. The first-order valence-electron chi connectivity index (χ1n) is 9.10. The molecule has 0 spiro atoms. The molecule has 0 radical (unpaired) electrons. The first kappa shape index (κ1) is 17.3. The standard InChI is InChI=1S/C22H21NO4/c1-4-8-23-19(14-6-5-7-15(24)11-14)18-20(25)17-13(3)9-12(2)10-16(17)27-21(18)22(23)26/h5-7,9-11,19,24H,4,8H2,1-3H3/t19-/m1/s1. The third-order valence-corrected chi connectivity index (χ3v) is 5.06. The lowest BCUT2D eigenvalue weighted by Gasteiger charge is -2.24. The van der Waals surface area contributed by atoms with E-state index in [1.807, 2.05) is 32.9 Å². The molecular weight excluding hydrogens is 342 g/mol. The predicted octanol–water partition coefficient (Wildman–Crippen LogP) is 4.07. The number of benzene rings is 2. The summed E-state index contributed by atoms with van der Waals surface area (Å²) < 4.78 is 5.96. The van der Waals surface area contributed by atoms with Gasteiger partial charge in [-0.1, -0.05) is 25.1 Å². The first-order chi connectivity index (χ1) is 12.9. The van der Waals surface area contributed by atoms with Gasteiger partial charge in [0.15, 0.2) is 5.43 Å². The van der Waals surface area contributed by atoms with E-state index in [0.29, 0.717) is 28.6 Å². The van der Waals surface area contributed by atoms with Gasteiger partial charge in [-0.2, -0.15) is 0 Å². The summed E-state index contributed by atoms with van der Waals surface area (Å²) in [6, 6.07) is 9.89. The van der Waals surface area contributed by atoms with Crippen molar-refractivity contribution in [3.05, 3.63) is 74.6 Å². The van der Waals surface area contributed by atoms with Crippen LogP contribution in [0.4, 0.5) is 0 Å². The number of carbonyl (C=O) groups excluding carboxylic acids is 1. The molecule has 1 aliphatic rings. The molecule has 1 amide bonds. The van der Waals surface area contributed by atoms with Crippen LogP contribution in [-0.2, 0) is 0 Å². The Morgan fingerprint density at radius 3 is 2.63 bits per heavy atom. The molecule has 138 valence electrons. The van der Waals surface area contributed by atoms with Gasteiger partial charge < -0.3 is 14.4 Å². The highest BCUT2D eigenvalue weighted by Crippen LogP contribution is 2.39. The maximum atomic E-state index is 13.4. The summed E-state index contributed by atoms with van der Waals surface area (Å²) in [5, 5.41) is 10.4. The SMILES string of the molecule is CCCN1C(=O)c2oc3cc(C)cc(C)c3c(=O)c2[C@H]1c1cccc(O)c1. The van der Waals surface area contributed by atoms with Crippen molar-refractivity contribution in [2.24, 2.45) is 0 Å². The number of nitrogens with zero attached hydrogens (tertiary/aromatic N) is 1. The summed E-state index contributed by atoms with van der Waals surface area (Å²) in [6.07, 6.45) is 0.751. The van der Waals surface area contributed by atoms with E-state index in [0.717, 1.165) is 17.5 Å². The van der Waals surface area contributed by atoms with E-state index in [2.05, 4.69) is 0 Å². The van der Waals surface area contributed by atoms with Gasteiger partial charge in [-0.25, -0.2) is 0 Å². The number of carbonyl (C=O) groups is 1. The van der Waals surface area contributed by atoms with Crippen molar-refractivity contribution in [2.45, 2.75) is 33.2 Å². The predicted molar refractivity (Wildman–Crippen MR) is 103 cm³/mol. The van der Waals surface area contributed by atoms with Crippen LogP contribution in [0.25, 0.3) is 11.0 Å². The Hall–Kier alpha value is -3.08. The van der Waals surface area contributed by atoms with Gasteiger partial charge in [0, 0.05) is 6.54 Å². The minimum atomic E-state index is -0.555. The van der Waals surface area contributed by atoms with E-state index in [4.69, 9.17) is 4.42 Å². The molecule has 5 nitrogen and oxygen atoms in total. The molecule has 0 fully saturated rings. The molecule has 0 bridgehead atoms. The Morgan fingerprint density at radius 1 is 1.15 bits per heavy atom. The Kier molecular flexibility index (Phi) is 4.02. The van der Waals surface area contributed by atoms with E-state index in [9.17, 15) is 14.7 Å². The van der Waals surface area contributed by atoms with Gasteiger partial charge in [0.2, 0.25) is 5.76 Å². The monoisotopic (exact) mass is 363 g/mol. The summed E-state index contributed by atoms with van der Waals surface area (Å²) in [5.41, 5.74) is 3.13. The molecule has 0 saturated carbocycles. The van der Waals surface area contributed by atoms with Crippen molar-refractivity contribution < 1.29 is 14.3 Å². The molecule has 3 aromatic rings.